The Morgan fingerprint density at radius 2 is 1.89 bits per heavy atom. The van der Waals surface area contributed by atoms with E-state index in [9.17, 15) is 9.90 Å². The molecule has 0 amide bonds. The standard InChI is InChI=1S/C6H8O6.C5H14NO/c7-1-2(8)5-3(9)4(10)6(11)12-5;1-6(2,3)4-5-7/h2,5,7-10H,1H2;7H,4-5H2,1-3H3/q;+1/p-1/t2-,5+;/m0./s1. The maximum atomic E-state index is 10.6. The molecule has 0 aromatic heterocycles. The second-order valence-electron chi connectivity index (χ2n) is 5.03. The molecule has 0 aromatic carbocycles. The van der Waals surface area contributed by atoms with Crippen LogP contribution in [0.5, 0.6) is 0 Å². The van der Waals surface area contributed by atoms with Crippen molar-refractivity contribution in [3.8, 4) is 0 Å². The van der Waals surface area contributed by atoms with Crippen molar-refractivity contribution in [2.75, 3.05) is 40.9 Å². The minimum atomic E-state index is -1.46. The van der Waals surface area contributed by atoms with E-state index in [0.29, 0.717) is 0 Å². The molecule has 1 aliphatic rings. The number of ether oxygens (including phenoxy) is 1. The molecule has 0 radical (unpaired) electrons. The molecule has 112 valence electrons. The van der Waals surface area contributed by atoms with Crippen LogP contribution in [-0.4, -0.2) is 84.0 Å². The zero-order valence-corrected chi connectivity index (χ0v) is 11.2. The van der Waals surface area contributed by atoms with E-state index in [1.165, 1.54) is 0 Å². The van der Waals surface area contributed by atoms with E-state index in [-0.39, 0.29) is 6.61 Å². The molecule has 4 N–H and O–H groups in total. The molecule has 8 heteroatoms. The summed E-state index contributed by atoms with van der Waals surface area (Å²) < 4.78 is 5.10. The smallest absolute Gasteiger partial charge is 0.327 e. The number of rotatable bonds is 4. The zero-order chi connectivity index (χ0) is 15.2. The second-order valence-corrected chi connectivity index (χ2v) is 5.03. The van der Waals surface area contributed by atoms with Gasteiger partial charge in [0.05, 0.1) is 34.4 Å². The normalized spacial score (nSPS) is 20.7. The summed E-state index contributed by atoms with van der Waals surface area (Å²) in [6.45, 7) is 0.415. The molecule has 1 aliphatic heterocycles. The molecule has 0 fully saturated rings. The summed E-state index contributed by atoms with van der Waals surface area (Å²) in [5.41, 5.74) is 0. The number of aliphatic hydroxyl groups excluding tert-OH is 4. The van der Waals surface area contributed by atoms with Crippen LogP contribution in [0.15, 0.2) is 11.5 Å². The minimum absolute atomic E-state index is 0.281. The van der Waals surface area contributed by atoms with Crippen molar-refractivity contribution < 1.29 is 39.5 Å². The molecule has 0 bridgehead atoms. The quantitative estimate of drug-likeness (QED) is 0.320. The first-order chi connectivity index (χ1) is 8.64. The van der Waals surface area contributed by atoms with Crippen LogP contribution in [0.4, 0.5) is 0 Å². The molecule has 1 rings (SSSR count). The number of carbonyl (C=O) groups excluding carboxylic acids is 1. The van der Waals surface area contributed by atoms with E-state index >= 15 is 0 Å². The Morgan fingerprint density at radius 1 is 1.37 bits per heavy atom. The lowest BCUT2D eigenvalue weighted by molar-refractivity contribution is -0.870. The van der Waals surface area contributed by atoms with Crippen LogP contribution in [-0.2, 0) is 9.53 Å². The number of hydrogen-bond donors (Lipinski definition) is 4. The number of cyclic esters (lactones) is 1. The summed E-state index contributed by atoms with van der Waals surface area (Å²) in [4.78, 5) is 10.5. The summed E-state index contributed by atoms with van der Waals surface area (Å²) in [6.07, 6.45) is -2.88. The van der Waals surface area contributed by atoms with Gasteiger partial charge in [0.15, 0.2) is 6.10 Å². The van der Waals surface area contributed by atoms with Gasteiger partial charge in [0, 0.05) is 5.76 Å². The van der Waals surface area contributed by atoms with Crippen LogP contribution >= 0.6 is 0 Å². The van der Waals surface area contributed by atoms with Gasteiger partial charge in [-0.1, -0.05) is 0 Å². The Bertz CT molecular complexity index is 334. The molecule has 0 unspecified atom stereocenters. The van der Waals surface area contributed by atoms with Gasteiger partial charge in [-0.25, -0.2) is 4.79 Å². The van der Waals surface area contributed by atoms with E-state index in [4.69, 9.17) is 20.4 Å². The number of carbonyl (C=O) groups is 1. The largest absolute Gasteiger partial charge is 0.865 e. The van der Waals surface area contributed by atoms with Crippen molar-refractivity contribution in [3.05, 3.63) is 11.5 Å². The molecule has 0 spiro atoms. The van der Waals surface area contributed by atoms with Gasteiger partial charge in [-0.05, 0) is 0 Å². The first kappa shape index (κ1) is 17.6. The Morgan fingerprint density at radius 3 is 2.11 bits per heavy atom. The fourth-order valence-electron chi connectivity index (χ4n) is 1.11. The van der Waals surface area contributed by atoms with Crippen LogP contribution in [0.1, 0.15) is 0 Å². The molecule has 19 heavy (non-hydrogen) atoms. The number of nitrogens with zero attached hydrogens (tertiary/aromatic N) is 1. The highest BCUT2D eigenvalue weighted by molar-refractivity contribution is 5.88. The third-order valence-electron chi connectivity index (χ3n) is 2.23. The van der Waals surface area contributed by atoms with E-state index in [2.05, 4.69) is 25.9 Å². The summed E-state index contributed by atoms with van der Waals surface area (Å²) in [5.74, 6) is -3.25. The zero-order valence-electron chi connectivity index (χ0n) is 11.2. The van der Waals surface area contributed by atoms with Gasteiger partial charge in [0.2, 0.25) is 0 Å². The molecule has 0 aliphatic carbocycles. The highest BCUT2D eigenvalue weighted by Crippen LogP contribution is 2.19. The molecule has 0 aromatic rings. The molecule has 8 nitrogen and oxygen atoms in total. The molecule has 0 saturated heterocycles. The molecule has 0 saturated carbocycles. The Balaban J connectivity index is 0.000000399. The summed E-state index contributed by atoms with van der Waals surface area (Å²) in [7, 11) is 6.16. The summed E-state index contributed by atoms with van der Waals surface area (Å²) in [5, 5.41) is 45.2. The van der Waals surface area contributed by atoms with Gasteiger partial charge in [-0.2, -0.15) is 0 Å². The Labute approximate surface area is 111 Å². The molecular formula is C11H21NO7. The molecule has 2 atom stereocenters. The van der Waals surface area contributed by atoms with Crippen molar-refractivity contribution in [1.82, 2.24) is 0 Å². The highest BCUT2D eigenvalue weighted by atomic mass is 16.6. The van der Waals surface area contributed by atoms with Crippen LogP contribution < -0.4 is 5.11 Å². The van der Waals surface area contributed by atoms with Gasteiger partial charge in [0.25, 0.3) is 0 Å². The van der Waals surface area contributed by atoms with Crippen molar-refractivity contribution >= 4 is 5.97 Å². The predicted molar refractivity (Wildman–Crippen MR) is 62.6 cm³/mol. The van der Waals surface area contributed by atoms with Crippen LogP contribution in [0.3, 0.4) is 0 Å². The summed E-state index contributed by atoms with van der Waals surface area (Å²) >= 11 is 0. The molecule has 1 heterocycles. The lowest BCUT2D eigenvalue weighted by atomic mass is 10.2. The van der Waals surface area contributed by atoms with Crippen LogP contribution in [0.25, 0.3) is 0 Å². The average Bonchev–Trinajstić information content (AvgIpc) is 2.55. The molecular weight excluding hydrogens is 258 g/mol. The van der Waals surface area contributed by atoms with Gasteiger partial charge in [-0.15, -0.1) is 0 Å². The second kappa shape index (κ2) is 7.29. The van der Waals surface area contributed by atoms with Crippen LogP contribution in [0.2, 0.25) is 0 Å². The van der Waals surface area contributed by atoms with Crippen molar-refractivity contribution in [2.24, 2.45) is 0 Å². The first-order valence-corrected chi connectivity index (χ1v) is 5.65. The fraction of sp³-hybridized carbons (Fsp3) is 0.727. The predicted octanol–water partition coefficient (Wildman–Crippen LogP) is -2.92. The average molecular weight is 279 g/mol. The van der Waals surface area contributed by atoms with Gasteiger partial charge >= 0.3 is 5.97 Å². The number of quaternary nitrogens is 1. The van der Waals surface area contributed by atoms with Gasteiger partial charge in [0.1, 0.15) is 18.4 Å². The fourth-order valence-corrected chi connectivity index (χ4v) is 1.11. The maximum Gasteiger partial charge on any atom is 0.327 e. The Hall–Kier alpha value is -1.35. The third-order valence-corrected chi connectivity index (χ3v) is 2.23. The van der Waals surface area contributed by atoms with E-state index in [1.807, 2.05) is 0 Å². The van der Waals surface area contributed by atoms with Gasteiger partial charge < -0.3 is 34.8 Å². The lowest BCUT2D eigenvalue weighted by Crippen LogP contribution is -2.36. The van der Waals surface area contributed by atoms with Crippen molar-refractivity contribution in [3.63, 3.8) is 0 Å². The van der Waals surface area contributed by atoms with Crippen molar-refractivity contribution in [2.45, 2.75) is 12.2 Å². The number of hydrogen-bond acceptors (Lipinski definition) is 7. The monoisotopic (exact) mass is 279 g/mol. The van der Waals surface area contributed by atoms with Crippen molar-refractivity contribution in [1.29, 1.82) is 0 Å². The number of aliphatic hydroxyl groups is 4. The SMILES string of the molecule is C[N+](C)(C)CCO.O=C1O[C@H]([C@@H](O)CO)C(O)=C1[O-]. The minimum Gasteiger partial charge on any atom is -0.865 e. The number of esters is 1. The van der Waals surface area contributed by atoms with E-state index < -0.39 is 36.3 Å². The van der Waals surface area contributed by atoms with E-state index in [1.54, 1.807) is 0 Å². The van der Waals surface area contributed by atoms with Gasteiger partial charge in [-0.3, -0.25) is 0 Å². The maximum absolute atomic E-state index is 10.6. The van der Waals surface area contributed by atoms with Crippen LogP contribution in [0, 0.1) is 0 Å². The van der Waals surface area contributed by atoms with E-state index in [0.717, 1.165) is 11.0 Å². The third kappa shape index (κ3) is 5.88. The lowest BCUT2D eigenvalue weighted by Gasteiger charge is -2.21. The summed E-state index contributed by atoms with van der Waals surface area (Å²) in [6, 6.07) is 0. The Kier molecular flexibility index (Phi) is 6.77. The topological polar surface area (TPSA) is 130 Å². The number of likely N-dealkylation sites (N-methyl/N-ethyl adjacent to an activating group) is 1. The first-order valence-electron chi connectivity index (χ1n) is 5.65. The highest BCUT2D eigenvalue weighted by Gasteiger charge is 2.34.